The van der Waals surface area contributed by atoms with Gasteiger partial charge in [0.25, 0.3) is 0 Å². The maximum absolute atomic E-state index is 12.1. The maximum Gasteiger partial charge on any atom is 0.352 e. The van der Waals surface area contributed by atoms with Crippen LogP contribution in [0.1, 0.15) is 55.9 Å². The topological polar surface area (TPSA) is 130 Å². The second kappa shape index (κ2) is 9.89. The number of hydrogen-bond acceptors (Lipinski definition) is 5. The number of ketones is 1. The number of Topliss-reactive ketones (excluding diaryl/α,β-unsaturated/α-hetero) is 1. The molecule has 0 bridgehead atoms. The molecule has 8 nitrogen and oxygen atoms in total. The number of H-pyrrole nitrogens is 1. The zero-order valence-electron chi connectivity index (χ0n) is 20.8. The maximum atomic E-state index is 12.1. The Kier molecular flexibility index (Phi) is 6.46. The number of aromatic carboxylic acids is 2. The number of nitrogens with one attached hydrogen (secondary N) is 1. The molecule has 3 aromatic carbocycles. The summed E-state index contributed by atoms with van der Waals surface area (Å²) in [4.78, 5) is 38.2. The largest absolute Gasteiger partial charge is 0.490 e. The molecule has 0 atom stereocenters. The van der Waals surface area contributed by atoms with Gasteiger partial charge in [-0.3, -0.25) is 4.79 Å². The molecule has 2 heterocycles. The minimum Gasteiger partial charge on any atom is -0.490 e. The van der Waals surface area contributed by atoms with E-state index in [4.69, 9.17) is 9.15 Å². The second-order valence-corrected chi connectivity index (χ2v) is 9.14. The Balaban J connectivity index is 1.41. The Labute approximate surface area is 217 Å². The number of aryl methyl sites for hydroxylation is 2. The first-order chi connectivity index (χ1) is 18.2. The summed E-state index contributed by atoms with van der Waals surface area (Å²) in [5.41, 5.74) is 4.57. The van der Waals surface area contributed by atoms with Crippen LogP contribution in [0, 0.1) is 6.92 Å². The fourth-order valence-corrected chi connectivity index (χ4v) is 4.79. The molecule has 0 spiro atoms. The van der Waals surface area contributed by atoms with Crippen LogP contribution in [0.15, 0.2) is 65.1 Å². The smallest absolute Gasteiger partial charge is 0.352 e. The van der Waals surface area contributed by atoms with Gasteiger partial charge < -0.3 is 24.4 Å². The van der Waals surface area contributed by atoms with Crippen molar-refractivity contribution in [3.63, 3.8) is 0 Å². The number of hydrogen-bond donors (Lipinski definition) is 3. The predicted octanol–water partition coefficient (Wildman–Crippen LogP) is 6.50. The minimum atomic E-state index is -1.06. The molecular formula is C30H25NO7. The van der Waals surface area contributed by atoms with E-state index < -0.39 is 11.9 Å². The molecule has 0 radical (unpaired) electrons. The van der Waals surface area contributed by atoms with Gasteiger partial charge in [0.05, 0.1) is 17.7 Å². The van der Waals surface area contributed by atoms with Gasteiger partial charge in [-0.1, -0.05) is 36.4 Å². The van der Waals surface area contributed by atoms with Gasteiger partial charge in [0, 0.05) is 23.3 Å². The molecule has 0 unspecified atom stereocenters. The van der Waals surface area contributed by atoms with E-state index in [1.54, 1.807) is 30.3 Å². The molecule has 3 N–H and O–H groups in total. The minimum absolute atomic E-state index is 0.117. The lowest BCUT2D eigenvalue weighted by Crippen LogP contribution is -2.04. The first-order valence-electron chi connectivity index (χ1n) is 12.1. The van der Waals surface area contributed by atoms with Crippen molar-refractivity contribution in [2.24, 2.45) is 0 Å². The number of para-hydroxylation sites is 2. The number of aromatic nitrogens is 1. The molecule has 5 aromatic rings. The van der Waals surface area contributed by atoms with Crippen molar-refractivity contribution < 1.29 is 33.8 Å². The van der Waals surface area contributed by atoms with Crippen molar-refractivity contribution in [2.45, 2.75) is 26.7 Å². The Morgan fingerprint density at radius 2 is 1.74 bits per heavy atom. The summed E-state index contributed by atoms with van der Waals surface area (Å²) in [6.07, 6.45) is 0.995. The lowest BCUT2D eigenvalue weighted by atomic mass is 9.95. The van der Waals surface area contributed by atoms with E-state index in [-0.39, 0.29) is 22.8 Å². The molecule has 5 rings (SSSR count). The number of benzene rings is 3. The molecule has 192 valence electrons. The Morgan fingerprint density at radius 1 is 0.947 bits per heavy atom. The summed E-state index contributed by atoms with van der Waals surface area (Å²) in [5, 5.41) is 20.8. The molecule has 38 heavy (non-hydrogen) atoms. The first kappa shape index (κ1) is 24.8. The molecule has 8 heteroatoms. The summed E-state index contributed by atoms with van der Waals surface area (Å²) in [5.74, 6) is -1.43. The van der Waals surface area contributed by atoms with Crippen molar-refractivity contribution in [1.82, 2.24) is 4.98 Å². The lowest BCUT2D eigenvalue weighted by molar-refractivity contribution is 0.0682. The zero-order chi connectivity index (χ0) is 27.0. The Bertz CT molecular complexity index is 1720. The van der Waals surface area contributed by atoms with Crippen LogP contribution in [-0.2, 0) is 6.42 Å². The monoisotopic (exact) mass is 511 g/mol. The molecule has 0 amide bonds. The molecule has 0 aliphatic heterocycles. The number of fused-ring (bicyclic) bond motifs is 2. The second-order valence-electron chi connectivity index (χ2n) is 9.14. The van der Waals surface area contributed by atoms with Gasteiger partial charge in [0.1, 0.15) is 5.69 Å². The summed E-state index contributed by atoms with van der Waals surface area (Å²) >= 11 is 0. The molecule has 0 saturated heterocycles. The Hall–Kier alpha value is -4.85. The van der Waals surface area contributed by atoms with Gasteiger partial charge in [-0.2, -0.15) is 0 Å². The Morgan fingerprint density at radius 3 is 2.45 bits per heavy atom. The number of carboxylic acids is 2. The van der Waals surface area contributed by atoms with Gasteiger partial charge in [0.2, 0.25) is 0 Å². The van der Waals surface area contributed by atoms with Crippen molar-refractivity contribution in [3.05, 3.63) is 88.8 Å². The van der Waals surface area contributed by atoms with Crippen LogP contribution in [0.3, 0.4) is 0 Å². The molecule has 0 saturated carbocycles. The van der Waals surface area contributed by atoms with Crippen LogP contribution in [0.25, 0.3) is 33.0 Å². The SMILES string of the molecule is CC(=O)c1cc2cccc(OCCCc3c(C(=O)O)[nH]c4c(-c5ccc(C(=O)O)cc5C)cccc34)c2o1. The van der Waals surface area contributed by atoms with Crippen molar-refractivity contribution >= 4 is 39.6 Å². The molecule has 0 aliphatic rings. The highest BCUT2D eigenvalue weighted by Crippen LogP contribution is 2.35. The molecule has 2 aromatic heterocycles. The van der Waals surface area contributed by atoms with Crippen molar-refractivity contribution in [3.8, 4) is 16.9 Å². The highest BCUT2D eigenvalue weighted by atomic mass is 16.5. The molecular weight excluding hydrogens is 486 g/mol. The van der Waals surface area contributed by atoms with E-state index in [1.165, 1.54) is 6.92 Å². The highest BCUT2D eigenvalue weighted by molar-refractivity contribution is 6.03. The fraction of sp³-hybridized carbons (Fsp3) is 0.167. The third-order valence-electron chi connectivity index (χ3n) is 6.60. The van der Waals surface area contributed by atoms with E-state index in [1.807, 2.05) is 37.3 Å². The predicted molar refractivity (Wildman–Crippen MR) is 142 cm³/mol. The van der Waals surface area contributed by atoms with Crippen LogP contribution < -0.4 is 4.74 Å². The van der Waals surface area contributed by atoms with Crippen LogP contribution >= 0.6 is 0 Å². The van der Waals surface area contributed by atoms with Gasteiger partial charge >= 0.3 is 11.9 Å². The normalized spacial score (nSPS) is 11.2. The number of carbonyl (C=O) groups excluding carboxylic acids is 1. The lowest BCUT2D eigenvalue weighted by Gasteiger charge is -2.09. The zero-order valence-corrected chi connectivity index (χ0v) is 20.8. The van der Waals surface area contributed by atoms with E-state index in [9.17, 15) is 24.6 Å². The average molecular weight is 512 g/mol. The number of carboxylic acid groups (broad SMARTS) is 2. The third-order valence-corrected chi connectivity index (χ3v) is 6.60. The molecule has 0 fully saturated rings. The van der Waals surface area contributed by atoms with Crippen LogP contribution in [-0.4, -0.2) is 39.5 Å². The van der Waals surface area contributed by atoms with Crippen LogP contribution in [0.4, 0.5) is 0 Å². The third kappa shape index (κ3) is 4.52. The van der Waals surface area contributed by atoms with Crippen molar-refractivity contribution in [1.29, 1.82) is 0 Å². The van der Waals surface area contributed by atoms with E-state index in [0.29, 0.717) is 41.9 Å². The number of furan rings is 1. The summed E-state index contributed by atoms with van der Waals surface area (Å²) in [6.45, 7) is 3.59. The number of carbonyl (C=O) groups is 3. The average Bonchev–Trinajstić information content (AvgIpc) is 3.49. The van der Waals surface area contributed by atoms with Crippen LogP contribution in [0.2, 0.25) is 0 Å². The summed E-state index contributed by atoms with van der Waals surface area (Å²) < 4.78 is 11.6. The number of ether oxygens (including phenoxy) is 1. The summed E-state index contributed by atoms with van der Waals surface area (Å²) in [7, 11) is 0. The standard InChI is InChI=1S/C30H25NO7/c1-16-14-19(29(33)34)11-12-20(16)21-7-4-8-22-23(27(30(35)36)31-26(21)22)9-5-13-37-24-10-3-6-18-15-25(17(2)32)38-28(18)24/h3-4,6-8,10-12,14-15,31H,5,9,13H2,1-2H3,(H,33,34)(H,35,36). The van der Waals surface area contributed by atoms with Crippen molar-refractivity contribution in [2.75, 3.05) is 6.61 Å². The van der Waals surface area contributed by atoms with E-state index >= 15 is 0 Å². The van der Waals surface area contributed by atoms with E-state index in [0.717, 1.165) is 27.5 Å². The quantitative estimate of drug-likeness (QED) is 0.152. The number of aromatic amines is 1. The molecule has 0 aliphatic carbocycles. The fourth-order valence-electron chi connectivity index (χ4n) is 4.79. The van der Waals surface area contributed by atoms with Crippen LogP contribution in [0.5, 0.6) is 5.75 Å². The van der Waals surface area contributed by atoms with Gasteiger partial charge in [0.15, 0.2) is 22.9 Å². The van der Waals surface area contributed by atoms with Gasteiger partial charge in [-0.25, -0.2) is 9.59 Å². The highest BCUT2D eigenvalue weighted by Gasteiger charge is 2.20. The van der Waals surface area contributed by atoms with E-state index in [2.05, 4.69) is 4.98 Å². The van der Waals surface area contributed by atoms with Gasteiger partial charge in [-0.15, -0.1) is 0 Å². The van der Waals surface area contributed by atoms with Gasteiger partial charge in [-0.05, 0) is 60.7 Å². The number of rotatable bonds is 9. The summed E-state index contributed by atoms with van der Waals surface area (Å²) in [6, 6.07) is 17.7. The first-order valence-corrected chi connectivity index (χ1v) is 12.1.